The molecule has 3 atom stereocenters. The molecule has 0 saturated carbocycles. The number of ether oxygens (including phenoxy) is 2. The van der Waals surface area contributed by atoms with Crippen molar-refractivity contribution in [2.75, 3.05) is 33.0 Å². The molecular weight excluding hydrogens is 691 g/mol. The Bertz CT molecular complexity index is 800. The number of aliphatic hydroxyl groups is 2. The molecule has 0 amide bonds. The fourth-order valence-corrected chi connectivity index (χ4v) is 7.38. The van der Waals surface area contributed by atoms with Gasteiger partial charge in [-0.05, 0) is 12.8 Å². The molecule has 3 unspecified atom stereocenters. The van der Waals surface area contributed by atoms with Crippen LogP contribution in [0.2, 0.25) is 0 Å². The first-order valence-electron chi connectivity index (χ1n) is 22.5. The van der Waals surface area contributed by atoms with Crippen molar-refractivity contribution in [3.8, 4) is 0 Å². The van der Waals surface area contributed by atoms with E-state index in [-0.39, 0.29) is 25.6 Å². The molecule has 0 aromatic carbocycles. The van der Waals surface area contributed by atoms with Crippen molar-refractivity contribution in [1.82, 2.24) is 0 Å². The van der Waals surface area contributed by atoms with Crippen LogP contribution in [-0.2, 0) is 27.9 Å². The van der Waals surface area contributed by atoms with Crippen LogP contribution in [0.5, 0.6) is 0 Å². The summed E-state index contributed by atoms with van der Waals surface area (Å²) < 4.78 is 33.3. The van der Waals surface area contributed by atoms with Gasteiger partial charge in [-0.15, -0.1) is 0 Å². The van der Waals surface area contributed by atoms with Crippen LogP contribution in [0.1, 0.15) is 226 Å². The minimum absolute atomic E-state index is 0.0576. The van der Waals surface area contributed by atoms with Gasteiger partial charge in [0.2, 0.25) is 0 Å². The van der Waals surface area contributed by atoms with Gasteiger partial charge in [-0.3, -0.25) is 13.8 Å². The molecule has 0 aliphatic rings. The molecule has 9 nitrogen and oxygen atoms in total. The van der Waals surface area contributed by atoms with Crippen molar-refractivity contribution < 1.29 is 43.0 Å². The summed E-state index contributed by atoms with van der Waals surface area (Å²) in [5, 5.41) is 18.3. The number of phosphoric ester groups is 1. The Morgan fingerprint density at radius 1 is 0.509 bits per heavy atom. The van der Waals surface area contributed by atoms with Gasteiger partial charge in [0.15, 0.2) is 0 Å². The molecule has 0 radical (unpaired) electrons. The smallest absolute Gasteiger partial charge is 0.457 e. The zero-order valence-electron chi connectivity index (χ0n) is 34.8. The number of rotatable bonds is 44. The van der Waals surface area contributed by atoms with E-state index in [9.17, 15) is 19.4 Å². The lowest BCUT2D eigenvalue weighted by Crippen LogP contribution is -2.29. The molecule has 0 aromatic rings. The first kappa shape index (κ1) is 52.5. The average Bonchev–Trinajstić information content (AvgIpc) is 3.15. The maximum Gasteiger partial charge on any atom is 0.472 e. The maximum atomic E-state index is 12.6. The molecule has 0 aromatic heterocycles. The highest BCUT2D eigenvalue weighted by molar-refractivity contribution is 7.47. The molecule has 0 spiro atoms. The number of carbonyl (C=O) groups is 1. The van der Waals surface area contributed by atoms with Gasteiger partial charge in [0.05, 0.1) is 26.4 Å². The van der Waals surface area contributed by atoms with Crippen LogP contribution in [0.3, 0.4) is 0 Å². The summed E-state index contributed by atoms with van der Waals surface area (Å²) in [6.07, 6.45) is 39.2. The van der Waals surface area contributed by atoms with E-state index in [0.29, 0.717) is 6.61 Å². The summed E-state index contributed by atoms with van der Waals surface area (Å²) in [4.78, 5) is 22.6. The highest BCUT2D eigenvalue weighted by atomic mass is 31.2. The van der Waals surface area contributed by atoms with Crippen molar-refractivity contribution in [3.63, 3.8) is 0 Å². The molecule has 3 N–H and O–H groups in total. The van der Waals surface area contributed by atoms with Gasteiger partial charge >= 0.3 is 13.8 Å². The molecule has 0 aliphatic carbocycles. The highest BCUT2D eigenvalue weighted by Crippen LogP contribution is 2.43. The first-order valence-corrected chi connectivity index (χ1v) is 24.0. The summed E-state index contributed by atoms with van der Waals surface area (Å²) >= 11 is 0. The van der Waals surface area contributed by atoms with E-state index in [1.807, 2.05) is 0 Å². The predicted octanol–water partition coefficient (Wildman–Crippen LogP) is 12.3. The third-order valence-corrected chi connectivity index (χ3v) is 11.0. The molecule has 0 saturated heterocycles. The zero-order chi connectivity index (χ0) is 38.9. The fraction of sp³-hybridized carbons (Fsp3) is 0.977. The van der Waals surface area contributed by atoms with Gasteiger partial charge in [-0.1, -0.05) is 206 Å². The van der Waals surface area contributed by atoms with E-state index in [4.69, 9.17) is 23.6 Å². The van der Waals surface area contributed by atoms with Crippen molar-refractivity contribution >= 4 is 13.8 Å². The Hall–Kier alpha value is -0.540. The number of esters is 1. The Morgan fingerprint density at radius 3 is 1.23 bits per heavy atom. The first-order chi connectivity index (χ1) is 25.8. The molecule has 0 heterocycles. The zero-order valence-corrected chi connectivity index (χ0v) is 35.7. The molecule has 0 aliphatic heterocycles. The number of aliphatic hydroxyl groups excluding tert-OH is 2. The Kier molecular flexibility index (Phi) is 40.7. The molecule has 53 heavy (non-hydrogen) atoms. The summed E-state index contributed by atoms with van der Waals surface area (Å²) in [7, 11) is -4.51. The van der Waals surface area contributed by atoms with Crippen LogP contribution in [0.15, 0.2) is 0 Å². The number of carbonyl (C=O) groups excluding carboxylic acids is 1. The lowest BCUT2D eigenvalue weighted by Gasteiger charge is -2.20. The highest BCUT2D eigenvalue weighted by Gasteiger charge is 2.26. The molecule has 0 rings (SSSR count). The molecule has 0 fully saturated rings. The molecule has 0 bridgehead atoms. The number of hydrogen-bond acceptors (Lipinski definition) is 8. The van der Waals surface area contributed by atoms with Crippen LogP contribution in [0, 0.1) is 0 Å². The number of phosphoric acid groups is 1. The maximum absolute atomic E-state index is 12.6. The summed E-state index contributed by atoms with van der Waals surface area (Å²) in [5.41, 5.74) is 0. The molecule has 10 heteroatoms. The van der Waals surface area contributed by atoms with Gasteiger partial charge in [-0.2, -0.15) is 0 Å². The SMILES string of the molecule is CCCCCCCCCCCCCCCCCCCCCCCC(=O)OC(COCCCCCCCCCCCCC)COP(=O)(O)OCC(O)CO. The second kappa shape index (κ2) is 41.1. The summed E-state index contributed by atoms with van der Waals surface area (Å²) in [6, 6.07) is 0. The van der Waals surface area contributed by atoms with Gasteiger partial charge in [0.25, 0.3) is 0 Å². The predicted molar refractivity (Wildman–Crippen MR) is 219 cm³/mol. The van der Waals surface area contributed by atoms with E-state index in [1.54, 1.807) is 0 Å². The van der Waals surface area contributed by atoms with E-state index in [2.05, 4.69) is 13.8 Å². The van der Waals surface area contributed by atoms with Gasteiger partial charge in [-0.25, -0.2) is 4.57 Å². The Morgan fingerprint density at radius 2 is 0.849 bits per heavy atom. The van der Waals surface area contributed by atoms with Crippen LogP contribution in [0.4, 0.5) is 0 Å². The monoisotopic (exact) mass is 779 g/mol. The van der Waals surface area contributed by atoms with E-state index in [1.165, 1.54) is 173 Å². The minimum atomic E-state index is -4.51. The Balaban J connectivity index is 4.02. The lowest BCUT2D eigenvalue weighted by molar-refractivity contribution is -0.154. The fourth-order valence-electron chi connectivity index (χ4n) is 6.59. The summed E-state index contributed by atoms with van der Waals surface area (Å²) in [5.74, 6) is -0.376. The van der Waals surface area contributed by atoms with Crippen LogP contribution in [0.25, 0.3) is 0 Å². The topological polar surface area (TPSA) is 132 Å². The van der Waals surface area contributed by atoms with E-state index in [0.717, 1.165) is 32.1 Å². The van der Waals surface area contributed by atoms with E-state index >= 15 is 0 Å². The van der Waals surface area contributed by atoms with Crippen molar-refractivity contribution in [1.29, 1.82) is 0 Å². The normalized spacial score (nSPS) is 14.0. The van der Waals surface area contributed by atoms with Gasteiger partial charge in [0.1, 0.15) is 12.2 Å². The standard InChI is InChI=1S/C43H87O9P/c1-3-5-7-9-11-13-15-16-17-18-19-20-21-22-23-24-25-27-29-31-33-35-43(46)52-42(40-51-53(47,48)50-38-41(45)37-44)39-49-36-34-32-30-28-26-14-12-10-8-6-4-2/h41-42,44-45H,3-40H2,1-2H3,(H,47,48). The van der Waals surface area contributed by atoms with Gasteiger partial charge < -0.3 is 24.6 Å². The van der Waals surface area contributed by atoms with Crippen molar-refractivity contribution in [3.05, 3.63) is 0 Å². The average molecular weight is 779 g/mol. The molecule has 318 valence electrons. The molecular formula is C43H87O9P. The lowest BCUT2D eigenvalue weighted by atomic mass is 10.0. The number of hydrogen-bond donors (Lipinski definition) is 3. The van der Waals surface area contributed by atoms with Crippen LogP contribution >= 0.6 is 7.82 Å². The van der Waals surface area contributed by atoms with Crippen LogP contribution < -0.4 is 0 Å². The van der Waals surface area contributed by atoms with E-state index < -0.39 is 33.2 Å². The third kappa shape index (κ3) is 40.9. The van der Waals surface area contributed by atoms with Gasteiger partial charge in [0, 0.05) is 13.0 Å². The number of unbranched alkanes of at least 4 members (excludes halogenated alkanes) is 30. The van der Waals surface area contributed by atoms with Crippen molar-refractivity contribution in [2.24, 2.45) is 0 Å². The largest absolute Gasteiger partial charge is 0.472 e. The third-order valence-electron chi connectivity index (χ3n) is 10.0. The van der Waals surface area contributed by atoms with Crippen molar-refractivity contribution in [2.45, 2.75) is 238 Å². The summed E-state index contributed by atoms with van der Waals surface area (Å²) in [6.45, 7) is 3.57. The minimum Gasteiger partial charge on any atom is -0.457 e. The quantitative estimate of drug-likeness (QED) is 0.0314. The Labute approximate surface area is 327 Å². The van der Waals surface area contributed by atoms with Crippen LogP contribution in [-0.4, -0.2) is 66.3 Å². The second-order valence-electron chi connectivity index (χ2n) is 15.4. The second-order valence-corrected chi connectivity index (χ2v) is 16.9.